The van der Waals surface area contributed by atoms with Crippen LogP contribution in [0.4, 0.5) is 26.3 Å². The summed E-state index contributed by atoms with van der Waals surface area (Å²) in [6.45, 7) is 0. The van der Waals surface area contributed by atoms with Gasteiger partial charge in [-0.15, -0.1) is 5.10 Å². The van der Waals surface area contributed by atoms with Crippen molar-refractivity contribution in [1.29, 1.82) is 0 Å². The third-order valence-corrected chi connectivity index (χ3v) is 2.92. The molecule has 4 nitrogen and oxygen atoms in total. The van der Waals surface area contributed by atoms with E-state index in [2.05, 4.69) is 9.52 Å². The Hall–Kier alpha value is -1.68. The SMILES string of the molecule is O=c1oc(C(F)(F)F)nn1-c1c(Cl)cc(C(F)(F)F)cc1Cl. The molecule has 0 spiro atoms. The minimum absolute atomic E-state index is 0.0354. The molecule has 1 aromatic carbocycles. The number of benzene rings is 1. The summed E-state index contributed by atoms with van der Waals surface area (Å²) in [6, 6.07) is 0.800. The molecule has 1 heterocycles. The van der Waals surface area contributed by atoms with E-state index in [0.29, 0.717) is 12.1 Å². The van der Waals surface area contributed by atoms with Crippen LogP contribution >= 0.6 is 23.2 Å². The van der Waals surface area contributed by atoms with Gasteiger partial charge in [0.2, 0.25) is 0 Å². The van der Waals surface area contributed by atoms with Crippen molar-refractivity contribution in [3.8, 4) is 5.69 Å². The molecule has 0 saturated heterocycles. The first kappa shape index (κ1) is 16.7. The van der Waals surface area contributed by atoms with Crippen molar-refractivity contribution in [2.45, 2.75) is 12.4 Å². The minimum Gasteiger partial charge on any atom is -0.383 e. The molecule has 12 heteroatoms. The summed E-state index contributed by atoms with van der Waals surface area (Å²) < 4.78 is 78.8. The van der Waals surface area contributed by atoms with Crippen molar-refractivity contribution >= 4 is 23.2 Å². The van der Waals surface area contributed by atoms with Gasteiger partial charge in [-0.25, -0.2) is 4.79 Å². The van der Waals surface area contributed by atoms with Gasteiger partial charge in [0.25, 0.3) is 0 Å². The van der Waals surface area contributed by atoms with Crippen molar-refractivity contribution in [3.05, 3.63) is 44.2 Å². The lowest BCUT2D eigenvalue weighted by molar-refractivity contribution is -0.157. The van der Waals surface area contributed by atoms with Crippen molar-refractivity contribution < 1.29 is 30.8 Å². The number of hydrogen-bond acceptors (Lipinski definition) is 3. The second kappa shape index (κ2) is 5.20. The third-order valence-electron chi connectivity index (χ3n) is 2.35. The van der Waals surface area contributed by atoms with Crippen LogP contribution in [0.25, 0.3) is 5.69 Å². The van der Waals surface area contributed by atoms with Crippen molar-refractivity contribution in [2.24, 2.45) is 0 Å². The maximum absolute atomic E-state index is 12.6. The molecule has 0 N–H and O–H groups in total. The van der Waals surface area contributed by atoms with Gasteiger partial charge in [0, 0.05) is 0 Å². The Kier molecular flexibility index (Phi) is 3.94. The first-order valence-corrected chi connectivity index (χ1v) is 5.91. The standard InChI is InChI=1S/C10H2Cl2F6N2O2/c11-4-1-3(9(13,14)15)2-5(12)6(4)20-8(21)22-7(19-20)10(16,17)18/h1-2H. The molecule has 0 atom stereocenters. The zero-order valence-electron chi connectivity index (χ0n) is 9.89. The van der Waals surface area contributed by atoms with Crippen LogP contribution in [0.1, 0.15) is 11.5 Å². The summed E-state index contributed by atoms with van der Waals surface area (Å²) in [7, 11) is 0. The summed E-state index contributed by atoms with van der Waals surface area (Å²) in [5, 5.41) is 1.39. The van der Waals surface area contributed by atoms with Crippen LogP contribution in [0.5, 0.6) is 0 Å². The Bertz CT molecular complexity index is 754. The molecule has 2 aromatic rings. The van der Waals surface area contributed by atoms with Crippen LogP contribution in [0.15, 0.2) is 21.3 Å². The lowest BCUT2D eigenvalue weighted by Crippen LogP contribution is -2.15. The van der Waals surface area contributed by atoms with E-state index in [1.165, 1.54) is 0 Å². The second-order valence-corrected chi connectivity index (χ2v) is 4.68. The second-order valence-electron chi connectivity index (χ2n) is 3.87. The lowest BCUT2D eigenvalue weighted by Gasteiger charge is -2.11. The Morgan fingerprint density at radius 3 is 1.86 bits per heavy atom. The molecule has 2 rings (SSSR count). The minimum atomic E-state index is -5.06. The number of rotatable bonds is 1. The quantitative estimate of drug-likeness (QED) is 0.711. The fraction of sp³-hybridized carbons (Fsp3) is 0.200. The van der Waals surface area contributed by atoms with Crippen molar-refractivity contribution in [2.75, 3.05) is 0 Å². The van der Waals surface area contributed by atoms with Crippen LogP contribution < -0.4 is 5.76 Å². The van der Waals surface area contributed by atoms with Gasteiger partial charge in [-0.05, 0) is 12.1 Å². The maximum atomic E-state index is 12.6. The van der Waals surface area contributed by atoms with Crippen LogP contribution in [0, 0.1) is 0 Å². The predicted octanol–water partition coefficient (Wildman–Crippen LogP) is 4.17. The summed E-state index contributed by atoms with van der Waals surface area (Å²) in [5.41, 5.74) is -1.89. The van der Waals surface area contributed by atoms with E-state index < -0.39 is 45.3 Å². The summed E-state index contributed by atoms with van der Waals surface area (Å²) in [6.07, 6.45) is -9.84. The van der Waals surface area contributed by atoms with Gasteiger partial charge in [0.15, 0.2) is 0 Å². The van der Waals surface area contributed by atoms with Crippen LogP contribution in [-0.4, -0.2) is 9.78 Å². The zero-order valence-corrected chi connectivity index (χ0v) is 11.4. The van der Waals surface area contributed by atoms with Crippen LogP contribution in [0.3, 0.4) is 0 Å². The molecule has 0 saturated carbocycles. The molecule has 0 aliphatic rings. The van der Waals surface area contributed by atoms with Crippen molar-refractivity contribution in [1.82, 2.24) is 9.78 Å². The van der Waals surface area contributed by atoms with Gasteiger partial charge >= 0.3 is 24.0 Å². The Labute approximate surface area is 126 Å². The first-order valence-electron chi connectivity index (χ1n) is 5.15. The molecule has 0 bridgehead atoms. The molecule has 0 fully saturated rings. The largest absolute Gasteiger partial charge is 0.470 e. The van der Waals surface area contributed by atoms with Crippen molar-refractivity contribution in [3.63, 3.8) is 0 Å². The van der Waals surface area contributed by atoms with E-state index in [0.717, 1.165) is 0 Å². The summed E-state index contributed by atoms with van der Waals surface area (Å²) in [5.74, 6) is -3.49. The third kappa shape index (κ3) is 3.07. The molecule has 0 unspecified atom stereocenters. The lowest BCUT2D eigenvalue weighted by atomic mass is 10.2. The number of alkyl halides is 6. The number of halogens is 8. The maximum Gasteiger partial charge on any atom is 0.470 e. The number of hydrogen-bond donors (Lipinski definition) is 0. The van der Waals surface area contributed by atoms with Gasteiger partial charge in [-0.2, -0.15) is 31.0 Å². The highest BCUT2D eigenvalue weighted by Gasteiger charge is 2.39. The van der Waals surface area contributed by atoms with E-state index in [-0.39, 0.29) is 4.68 Å². The molecule has 0 amide bonds. The van der Waals surface area contributed by atoms with E-state index >= 15 is 0 Å². The monoisotopic (exact) mass is 366 g/mol. The smallest absolute Gasteiger partial charge is 0.383 e. The van der Waals surface area contributed by atoms with Gasteiger partial charge < -0.3 is 4.42 Å². The highest BCUT2D eigenvalue weighted by Crippen LogP contribution is 2.37. The molecular weight excluding hydrogens is 365 g/mol. The van der Waals surface area contributed by atoms with Crippen LogP contribution in [-0.2, 0) is 12.4 Å². The topological polar surface area (TPSA) is 48.0 Å². The predicted molar refractivity (Wildman–Crippen MR) is 62.1 cm³/mol. The van der Waals surface area contributed by atoms with E-state index in [1.54, 1.807) is 0 Å². The summed E-state index contributed by atoms with van der Waals surface area (Å²) >= 11 is 11.1. The molecule has 22 heavy (non-hydrogen) atoms. The number of aromatic nitrogens is 2. The Balaban J connectivity index is 2.65. The fourth-order valence-electron chi connectivity index (χ4n) is 1.47. The van der Waals surface area contributed by atoms with Gasteiger partial charge in [0.1, 0.15) is 5.69 Å². The number of nitrogens with zero attached hydrogens (tertiary/aromatic N) is 2. The van der Waals surface area contributed by atoms with Gasteiger partial charge in [-0.1, -0.05) is 23.2 Å². The van der Waals surface area contributed by atoms with Gasteiger partial charge in [0.05, 0.1) is 15.6 Å². The zero-order chi connectivity index (χ0) is 16.9. The van der Waals surface area contributed by atoms with E-state index in [9.17, 15) is 31.1 Å². The molecular formula is C10H2Cl2F6N2O2. The molecule has 0 aliphatic heterocycles. The highest BCUT2D eigenvalue weighted by molar-refractivity contribution is 6.37. The molecule has 0 radical (unpaired) electrons. The average Bonchev–Trinajstić information content (AvgIpc) is 2.69. The van der Waals surface area contributed by atoms with E-state index in [4.69, 9.17) is 23.2 Å². The Morgan fingerprint density at radius 1 is 1.00 bits per heavy atom. The molecule has 0 aliphatic carbocycles. The molecule has 1 aromatic heterocycles. The fourth-order valence-corrected chi connectivity index (χ4v) is 2.11. The average molecular weight is 367 g/mol. The Morgan fingerprint density at radius 2 is 1.50 bits per heavy atom. The van der Waals surface area contributed by atoms with Crippen LogP contribution in [0.2, 0.25) is 10.0 Å². The van der Waals surface area contributed by atoms with E-state index in [1.807, 2.05) is 0 Å². The normalized spacial score (nSPS) is 12.7. The molecule has 120 valence electrons. The summed E-state index contributed by atoms with van der Waals surface area (Å²) in [4.78, 5) is 11.4. The van der Waals surface area contributed by atoms with Gasteiger partial charge in [-0.3, -0.25) is 0 Å². The highest BCUT2D eigenvalue weighted by atomic mass is 35.5. The first-order chi connectivity index (χ1) is 9.91.